The number of aryl methyl sites for hydroxylation is 1. The van der Waals surface area contributed by atoms with Gasteiger partial charge in [-0.15, -0.1) is 0 Å². The molecule has 0 aliphatic rings. The highest BCUT2D eigenvalue weighted by molar-refractivity contribution is 6.05. The Labute approximate surface area is 140 Å². The summed E-state index contributed by atoms with van der Waals surface area (Å²) in [7, 11) is 1.55. The number of methoxy groups -OCH3 is 1. The molecule has 6 heteroatoms. The van der Waals surface area contributed by atoms with Gasteiger partial charge in [0.05, 0.1) is 12.9 Å². The van der Waals surface area contributed by atoms with Crippen molar-refractivity contribution in [3.8, 4) is 0 Å². The van der Waals surface area contributed by atoms with Crippen molar-refractivity contribution in [1.82, 2.24) is 10.6 Å². The molecular weight excluding hydrogens is 308 g/mol. The van der Waals surface area contributed by atoms with Crippen LogP contribution >= 0.6 is 0 Å². The third-order valence-corrected chi connectivity index (χ3v) is 3.23. The lowest BCUT2D eigenvalue weighted by atomic mass is 10.1. The molecule has 0 saturated heterocycles. The Hall–Kier alpha value is -2.86. The normalized spacial score (nSPS) is 11.2. The molecule has 0 saturated carbocycles. The van der Waals surface area contributed by atoms with Crippen molar-refractivity contribution in [3.63, 3.8) is 0 Å². The number of amides is 2. The monoisotopic (exact) mass is 328 g/mol. The van der Waals surface area contributed by atoms with E-state index < -0.39 is 5.91 Å². The van der Waals surface area contributed by atoms with E-state index >= 15 is 0 Å². The largest absolute Gasteiger partial charge is 0.465 e. The van der Waals surface area contributed by atoms with E-state index in [4.69, 9.17) is 9.15 Å². The summed E-state index contributed by atoms with van der Waals surface area (Å²) < 4.78 is 10.1. The summed E-state index contributed by atoms with van der Waals surface area (Å²) in [6.45, 7) is 2.66. The van der Waals surface area contributed by atoms with Crippen LogP contribution in [0.25, 0.3) is 6.08 Å². The molecule has 0 aliphatic heterocycles. The van der Waals surface area contributed by atoms with Crippen LogP contribution in [0.2, 0.25) is 0 Å². The van der Waals surface area contributed by atoms with Crippen molar-refractivity contribution in [3.05, 3.63) is 65.2 Å². The molecule has 0 atom stereocenters. The summed E-state index contributed by atoms with van der Waals surface area (Å²) in [6.07, 6.45) is 2.97. The van der Waals surface area contributed by atoms with Gasteiger partial charge in [-0.2, -0.15) is 0 Å². The fourth-order valence-corrected chi connectivity index (χ4v) is 1.94. The summed E-state index contributed by atoms with van der Waals surface area (Å²) in [5.74, 6) is -0.310. The zero-order valence-corrected chi connectivity index (χ0v) is 13.7. The van der Waals surface area contributed by atoms with Crippen LogP contribution in [0.3, 0.4) is 0 Å². The van der Waals surface area contributed by atoms with E-state index in [1.165, 1.54) is 12.3 Å². The minimum absolute atomic E-state index is 0.103. The lowest BCUT2D eigenvalue weighted by Gasteiger charge is -2.10. The van der Waals surface area contributed by atoms with Gasteiger partial charge in [0.2, 0.25) is 0 Å². The highest BCUT2D eigenvalue weighted by Crippen LogP contribution is 2.08. The molecule has 0 spiro atoms. The molecular formula is C18H20N2O4. The lowest BCUT2D eigenvalue weighted by molar-refractivity contribution is -0.117. The Bertz CT molecular complexity index is 703. The molecule has 0 aliphatic carbocycles. The van der Waals surface area contributed by atoms with E-state index in [-0.39, 0.29) is 11.6 Å². The number of benzene rings is 1. The van der Waals surface area contributed by atoms with E-state index in [2.05, 4.69) is 10.6 Å². The predicted octanol–water partition coefficient (Wildman–Crippen LogP) is 2.12. The molecule has 0 bridgehead atoms. The first-order chi connectivity index (χ1) is 11.6. The summed E-state index contributed by atoms with van der Waals surface area (Å²) in [5.41, 5.74) is 1.62. The van der Waals surface area contributed by atoms with Gasteiger partial charge in [0.15, 0.2) is 0 Å². The maximum atomic E-state index is 12.3. The highest BCUT2D eigenvalue weighted by Gasteiger charge is 2.15. The van der Waals surface area contributed by atoms with Crippen molar-refractivity contribution < 1.29 is 18.7 Å². The fraction of sp³-hybridized carbons (Fsp3) is 0.222. The second-order valence-electron chi connectivity index (χ2n) is 5.14. The maximum absolute atomic E-state index is 12.3. The van der Waals surface area contributed by atoms with Gasteiger partial charge in [-0.1, -0.05) is 17.7 Å². The van der Waals surface area contributed by atoms with Crippen molar-refractivity contribution in [2.75, 3.05) is 20.3 Å². The molecule has 6 nitrogen and oxygen atoms in total. The van der Waals surface area contributed by atoms with E-state index in [0.29, 0.717) is 24.5 Å². The van der Waals surface area contributed by atoms with E-state index in [1.54, 1.807) is 31.4 Å². The minimum atomic E-state index is -0.413. The molecule has 2 aromatic rings. The van der Waals surface area contributed by atoms with Crippen LogP contribution in [0, 0.1) is 6.92 Å². The molecule has 1 aromatic carbocycles. The Kier molecular flexibility index (Phi) is 6.33. The third-order valence-electron chi connectivity index (χ3n) is 3.23. The van der Waals surface area contributed by atoms with Crippen LogP contribution in [0.1, 0.15) is 21.7 Å². The number of rotatable bonds is 7. The first-order valence-electron chi connectivity index (χ1n) is 7.50. The quantitative estimate of drug-likeness (QED) is 0.603. The number of hydrogen-bond acceptors (Lipinski definition) is 4. The smallest absolute Gasteiger partial charge is 0.268 e. The summed E-state index contributed by atoms with van der Waals surface area (Å²) in [5, 5.41) is 5.30. The average molecular weight is 328 g/mol. The van der Waals surface area contributed by atoms with Gasteiger partial charge in [0.1, 0.15) is 11.5 Å². The highest BCUT2D eigenvalue weighted by atomic mass is 16.5. The Balaban J connectivity index is 2.14. The number of nitrogens with one attached hydrogen (secondary N) is 2. The second-order valence-corrected chi connectivity index (χ2v) is 5.14. The molecule has 0 fully saturated rings. The first-order valence-corrected chi connectivity index (χ1v) is 7.50. The summed E-state index contributed by atoms with van der Waals surface area (Å²) >= 11 is 0. The Morgan fingerprint density at radius 3 is 2.58 bits per heavy atom. The first kappa shape index (κ1) is 17.5. The number of carbonyl (C=O) groups is 2. The number of furan rings is 1. The molecule has 2 rings (SSSR count). The molecule has 24 heavy (non-hydrogen) atoms. The van der Waals surface area contributed by atoms with Crippen LogP contribution in [0.5, 0.6) is 0 Å². The average Bonchev–Trinajstić information content (AvgIpc) is 3.08. The van der Waals surface area contributed by atoms with Crippen molar-refractivity contribution >= 4 is 17.9 Å². The minimum Gasteiger partial charge on any atom is -0.465 e. The van der Waals surface area contributed by atoms with Crippen molar-refractivity contribution in [2.24, 2.45) is 0 Å². The lowest BCUT2D eigenvalue weighted by Crippen LogP contribution is -2.36. The van der Waals surface area contributed by atoms with Gasteiger partial charge < -0.3 is 19.8 Å². The van der Waals surface area contributed by atoms with Crippen molar-refractivity contribution in [2.45, 2.75) is 6.92 Å². The second kappa shape index (κ2) is 8.69. The van der Waals surface area contributed by atoms with Crippen LogP contribution in [0.4, 0.5) is 0 Å². The zero-order chi connectivity index (χ0) is 17.4. The Morgan fingerprint density at radius 2 is 1.96 bits per heavy atom. The SMILES string of the molecule is COCCNC(=O)/C(=C/c1ccco1)NC(=O)c1ccc(C)cc1. The zero-order valence-electron chi connectivity index (χ0n) is 13.7. The van der Waals surface area contributed by atoms with E-state index in [0.717, 1.165) is 5.56 Å². The molecule has 126 valence electrons. The van der Waals surface area contributed by atoms with E-state index in [1.807, 2.05) is 19.1 Å². The van der Waals surface area contributed by atoms with Gasteiger partial charge in [-0.25, -0.2) is 0 Å². The number of hydrogen-bond donors (Lipinski definition) is 2. The molecule has 0 unspecified atom stereocenters. The molecule has 2 amide bonds. The van der Waals surface area contributed by atoms with Crippen LogP contribution in [0.15, 0.2) is 52.8 Å². The number of carbonyl (C=O) groups excluding carboxylic acids is 2. The molecule has 1 heterocycles. The van der Waals surface area contributed by atoms with Crippen LogP contribution in [-0.2, 0) is 9.53 Å². The fourth-order valence-electron chi connectivity index (χ4n) is 1.94. The summed E-state index contributed by atoms with van der Waals surface area (Å²) in [4.78, 5) is 24.6. The van der Waals surface area contributed by atoms with E-state index in [9.17, 15) is 9.59 Å². The van der Waals surface area contributed by atoms with Crippen LogP contribution < -0.4 is 10.6 Å². The molecule has 0 radical (unpaired) electrons. The van der Waals surface area contributed by atoms with Gasteiger partial charge in [0, 0.05) is 25.3 Å². The van der Waals surface area contributed by atoms with Crippen molar-refractivity contribution in [1.29, 1.82) is 0 Å². The maximum Gasteiger partial charge on any atom is 0.268 e. The number of ether oxygens (including phenoxy) is 1. The summed E-state index contributed by atoms with van der Waals surface area (Å²) in [6, 6.07) is 10.5. The van der Waals surface area contributed by atoms with Gasteiger partial charge in [0.25, 0.3) is 11.8 Å². The Morgan fingerprint density at radius 1 is 1.21 bits per heavy atom. The van der Waals surface area contributed by atoms with Gasteiger partial charge in [-0.3, -0.25) is 9.59 Å². The standard InChI is InChI=1S/C18H20N2O4/c1-13-5-7-14(8-6-13)17(21)20-16(12-15-4-3-10-24-15)18(22)19-9-11-23-2/h3-8,10,12H,9,11H2,1-2H3,(H,19,22)(H,20,21)/b16-12-. The molecule has 2 N–H and O–H groups in total. The topological polar surface area (TPSA) is 80.6 Å². The molecule has 1 aromatic heterocycles. The van der Waals surface area contributed by atoms with Gasteiger partial charge in [-0.05, 0) is 31.2 Å². The van der Waals surface area contributed by atoms with Gasteiger partial charge >= 0.3 is 0 Å². The third kappa shape index (κ3) is 5.10. The predicted molar refractivity (Wildman–Crippen MR) is 90.2 cm³/mol. The van der Waals surface area contributed by atoms with Crippen LogP contribution in [-0.4, -0.2) is 32.1 Å².